The number of benzene rings is 12. The van der Waals surface area contributed by atoms with E-state index < -0.39 is 0 Å². The van der Waals surface area contributed by atoms with E-state index in [0.717, 1.165) is 21.9 Å². The molecule has 0 amide bonds. The molecule has 0 saturated heterocycles. The molecule has 2 aliphatic carbocycles. The molecular weight excluding hydrogens is 785 g/mol. The van der Waals surface area contributed by atoms with E-state index in [0.29, 0.717) is 0 Å². The zero-order valence-electron chi connectivity index (χ0n) is 35.2. The lowest BCUT2D eigenvalue weighted by Gasteiger charge is -2.14. The predicted octanol–water partition coefficient (Wildman–Crippen LogP) is 18.2. The van der Waals surface area contributed by atoms with Crippen LogP contribution in [0.25, 0.3) is 154 Å². The Balaban J connectivity index is 0.816. The molecule has 0 atom stereocenters. The zero-order valence-corrected chi connectivity index (χ0v) is 35.2. The number of hydrogen-bond donors (Lipinski definition) is 0. The van der Waals surface area contributed by atoms with Crippen LogP contribution in [0.1, 0.15) is 0 Å². The summed E-state index contributed by atoms with van der Waals surface area (Å²) in [5.74, 6) is 0. The van der Waals surface area contributed by atoms with Crippen LogP contribution < -0.4 is 0 Å². The molecule has 0 saturated carbocycles. The molecule has 0 spiro atoms. The van der Waals surface area contributed by atoms with Crippen molar-refractivity contribution in [1.29, 1.82) is 0 Å². The van der Waals surface area contributed by atoms with Gasteiger partial charge in [-0.15, -0.1) is 0 Å². The van der Waals surface area contributed by atoms with Crippen molar-refractivity contribution in [2.24, 2.45) is 0 Å². The third-order valence-corrected chi connectivity index (χ3v) is 14.5. The number of para-hydroxylation sites is 1. The Morgan fingerprint density at radius 1 is 0.200 bits per heavy atom. The first-order valence-electron chi connectivity index (χ1n) is 22.6. The van der Waals surface area contributed by atoms with Crippen LogP contribution in [0.15, 0.2) is 223 Å². The van der Waals surface area contributed by atoms with Crippen LogP contribution in [0.3, 0.4) is 0 Å². The normalized spacial score (nSPS) is 12.3. The van der Waals surface area contributed by atoms with Gasteiger partial charge in [0.15, 0.2) is 0 Å². The van der Waals surface area contributed by atoms with Crippen molar-refractivity contribution in [3.8, 4) is 89.0 Å². The maximum absolute atomic E-state index is 6.15. The first-order chi connectivity index (χ1) is 32.2. The van der Waals surface area contributed by atoms with Gasteiger partial charge in [-0.25, -0.2) is 0 Å². The van der Waals surface area contributed by atoms with Crippen LogP contribution in [0, 0.1) is 0 Å². The molecule has 1 heteroatoms. The van der Waals surface area contributed by atoms with Gasteiger partial charge in [0, 0.05) is 10.8 Å². The van der Waals surface area contributed by atoms with E-state index in [1.54, 1.807) is 0 Å². The molecule has 15 rings (SSSR count). The minimum atomic E-state index is 0.917. The van der Waals surface area contributed by atoms with Crippen molar-refractivity contribution in [1.82, 2.24) is 0 Å². The average Bonchev–Trinajstić information content (AvgIpc) is 4.02. The highest BCUT2D eigenvalue weighted by Crippen LogP contribution is 2.54. The van der Waals surface area contributed by atoms with E-state index in [-0.39, 0.29) is 0 Å². The minimum Gasteiger partial charge on any atom is -0.456 e. The first-order valence-corrected chi connectivity index (χ1v) is 22.6. The van der Waals surface area contributed by atoms with Gasteiger partial charge in [0.25, 0.3) is 0 Å². The Morgan fingerprint density at radius 3 is 1.49 bits per heavy atom. The van der Waals surface area contributed by atoms with Gasteiger partial charge in [0.05, 0.1) is 0 Å². The molecular formula is C64H36O. The Hall–Kier alpha value is -8.52. The summed E-state index contributed by atoms with van der Waals surface area (Å²) in [6, 6.07) is 81.1. The van der Waals surface area contributed by atoms with Gasteiger partial charge in [0.2, 0.25) is 0 Å². The van der Waals surface area contributed by atoms with E-state index >= 15 is 0 Å². The van der Waals surface area contributed by atoms with Crippen LogP contribution in [-0.4, -0.2) is 0 Å². The molecule has 0 aliphatic heterocycles. The molecule has 2 aliphatic rings. The van der Waals surface area contributed by atoms with E-state index in [2.05, 4.69) is 206 Å². The second-order valence-corrected chi connectivity index (χ2v) is 17.9. The lowest BCUT2D eigenvalue weighted by molar-refractivity contribution is 0.669. The summed E-state index contributed by atoms with van der Waals surface area (Å²) in [5, 5.41) is 12.8. The number of hydrogen-bond acceptors (Lipinski definition) is 1. The van der Waals surface area contributed by atoms with Gasteiger partial charge in [-0.2, -0.15) is 0 Å². The second kappa shape index (κ2) is 13.0. The Morgan fingerprint density at radius 2 is 0.708 bits per heavy atom. The third kappa shape index (κ3) is 4.98. The molecule has 0 unspecified atom stereocenters. The topological polar surface area (TPSA) is 13.1 Å². The highest BCUT2D eigenvalue weighted by molar-refractivity contribution is 6.28. The second-order valence-electron chi connectivity index (χ2n) is 17.9. The molecule has 12 aromatic carbocycles. The van der Waals surface area contributed by atoms with Gasteiger partial charge in [-0.1, -0.05) is 170 Å². The SMILES string of the molecule is c1cc(-c2ccc3c(c2)-c2cc4ccccc4c4c(-c5ccc(-c6ccc7c(c6)-c6cc8ccccc8c8cccc-7c68)cc5)ccc-3c24)cc(-c2ccc3oc4ccccc4c3c2)c1. The third-order valence-electron chi connectivity index (χ3n) is 14.5. The predicted molar refractivity (Wildman–Crippen MR) is 274 cm³/mol. The van der Waals surface area contributed by atoms with Crippen LogP contribution in [0.4, 0.5) is 0 Å². The Kier molecular flexibility index (Phi) is 7.01. The van der Waals surface area contributed by atoms with Gasteiger partial charge >= 0.3 is 0 Å². The van der Waals surface area contributed by atoms with Crippen LogP contribution in [-0.2, 0) is 0 Å². The summed E-state index contributed by atoms with van der Waals surface area (Å²) >= 11 is 0. The number of rotatable bonds is 4. The van der Waals surface area contributed by atoms with E-state index in [4.69, 9.17) is 4.42 Å². The minimum absolute atomic E-state index is 0.917. The molecule has 1 nitrogen and oxygen atoms in total. The van der Waals surface area contributed by atoms with Crippen molar-refractivity contribution >= 4 is 65.0 Å². The largest absolute Gasteiger partial charge is 0.456 e. The average molecular weight is 821 g/mol. The summed E-state index contributed by atoms with van der Waals surface area (Å²) in [5.41, 5.74) is 22.1. The highest BCUT2D eigenvalue weighted by atomic mass is 16.3. The molecule has 0 bridgehead atoms. The van der Waals surface area contributed by atoms with E-state index in [1.165, 1.54) is 132 Å². The summed E-state index contributed by atoms with van der Waals surface area (Å²) in [6.07, 6.45) is 0. The lowest BCUT2D eigenvalue weighted by atomic mass is 9.89. The van der Waals surface area contributed by atoms with E-state index in [9.17, 15) is 0 Å². The van der Waals surface area contributed by atoms with Crippen LogP contribution in [0.5, 0.6) is 0 Å². The van der Waals surface area contributed by atoms with Crippen LogP contribution >= 0.6 is 0 Å². The summed E-state index contributed by atoms with van der Waals surface area (Å²) < 4.78 is 6.15. The number of fused-ring (bicyclic) bond motifs is 13. The fourth-order valence-electron chi connectivity index (χ4n) is 11.5. The van der Waals surface area contributed by atoms with Gasteiger partial charge in [-0.05, 0) is 181 Å². The van der Waals surface area contributed by atoms with Crippen molar-refractivity contribution in [3.05, 3.63) is 218 Å². The molecule has 13 aromatic rings. The van der Waals surface area contributed by atoms with Crippen molar-refractivity contribution in [2.45, 2.75) is 0 Å². The number of furan rings is 1. The summed E-state index contributed by atoms with van der Waals surface area (Å²) in [7, 11) is 0. The molecule has 1 aromatic heterocycles. The van der Waals surface area contributed by atoms with Gasteiger partial charge < -0.3 is 4.42 Å². The fraction of sp³-hybridized carbons (Fsp3) is 0. The van der Waals surface area contributed by atoms with Crippen molar-refractivity contribution in [3.63, 3.8) is 0 Å². The fourth-order valence-corrected chi connectivity index (χ4v) is 11.5. The lowest BCUT2D eigenvalue weighted by Crippen LogP contribution is -1.87. The summed E-state index contributed by atoms with van der Waals surface area (Å²) in [6.45, 7) is 0. The molecule has 65 heavy (non-hydrogen) atoms. The van der Waals surface area contributed by atoms with Crippen molar-refractivity contribution < 1.29 is 4.42 Å². The molecule has 1 heterocycles. The van der Waals surface area contributed by atoms with E-state index in [1.807, 2.05) is 12.1 Å². The Labute approximate surface area is 375 Å². The van der Waals surface area contributed by atoms with Gasteiger partial charge in [0.1, 0.15) is 11.2 Å². The van der Waals surface area contributed by atoms with Crippen LogP contribution in [0.2, 0.25) is 0 Å². The summed E-state index contributed by atoms with van der Waals surface area (Å²) in [4.78, 5) is 0. The zero-order chi connectivity index (χ0) is 42.3. The first kappa shape index (κ1) is 35.0. The van der Waals surface area contributed by atoms with Crippen molar-refractivity contribution in [2.75, 3.05) is 0 Å². The smallest absolute Gasteiger partial charge is 0.135 e. The van der Waals surface area contributed by atoms with Gasteiger partial charge in [-0.3, -0.25) is 0 Å². The quantitative estimate of drug-likeness (QED) is 0.161. The molecule has 0 fully saturated rings. The molecule has 0 radical (unpaired) electrons. The molecule has 298 valence electrons. The maximum Gasteiger partial charge on any atom is 0.135 e. The monoisotopic (exact) mass is 820 g/mol. The standard InChI is InChI=1S/C64H36O/c1-3-13-46-44(9-1)35-58-55-32-41(23-26-49(55)53-17-8-16-52(46)62(53)58)37-19-21-38(22-20-37)48-28-29-54-50-27-24-42(33-56(50)59-36-45-10-2-4-14-47(45)63(48)64(54)59)39-11-7-12-40(31-39)43-25-30-61-57(34-43)51-15-5-6-18-60(51)65-61/h1-36H. The highest BCUT2D eigenvalue weighted by Gasteiger charge is 2.26. The Bertz CT molecular complexity index is 4220. The molecule has 0 N–H and O–H groups in total. The maximum atomic E-state index is 6.15.